The molecule has 2 amide bonds. The molecule has 136 valence electrons. The Kier molecular flexibility index (Phi) is 5.38. The Morgan fingerprint density at radius 3 is 2.73 bits per heavy atom. The third kappa shape index (κ3) is 3.94. The number of hydrogen-bond donors (Lipinski definition) is 2. The molecule has 2 N–H and O–H groups in total. The Hall–Kier alpha value is -3.06. The summed E-state index contributed by atoms with van der Waals surface area (Å²) in [4.78, 5) is 25.7. The first kappa shape index (κ1) is 17.8. The van der Waals surface area contributed by atoms with Crippen molar-refractivity contribution in [2.45, 2.75) is 6.10 Å². The zero-order chi connectivity index (χ0) is 18.5. The van der Waals surface area contributed by atoms with E-state index >= 15 is 0 Å². The number of aliphatic hydroxyl groups excluding tert-OH is 1. The van der Waals surface area contributed by atoms with E-state index in [4.69, 9.17) is 9.47 Å². The zero-order valence-corrected chi connectivity index (χ0v) is 14.3. The number of nitrogens with one attached hydrogen (secondary N) is 1. The minimum atomic E-state index is -0.850. The SMILES string of the molecule is COc1ccc(C(O)CNC(=O)CN2C(=O)COc3ccccc32)cc1. The summed E-state index contributed by atoms with van der Waals surface area (Å²) >= 11 is 0. The van der Waals surface area contributed by atoms with Crippen LogP contribution in [0.3, 0.4) is 0 Å². The second-order valence-corrected chi connectivity index (χ2v) is 5.83. The number of aliphatic hydroxyl groups is 1. The molecule has 1 heterocycles. The molecule has 1 aliphatic rings. The van der Waals surface area contributed by atoms with E-state index in [1.807, 2.05) is 0 Å². The van der Waals surface area contributed by atoms with Crippen molar-refractivity contribution in [3.05, 3.63) is 54.1 Å². The average Bonchev–Trinajstić information content (AvgIpc) is 2.68. The predicted molar refractivity (Wildman–Crippen MR) is 95.3 cm³/mol. The summed E-state index contributed by atoms with van der Waals surface area (Å²) in [5.74, 6) is 0.616. The molecule has 1 aliphatic heterocycles. The maximum Gasteiger partial charge on any atom is 0.265 e. The number of para-hydroxylation sites is 2. The van der Waals surface area contributed by atoms with Crippen molar-refractivity contribution >= 4 is 17.5 Å². The third-order valence-electron chi connectivity index (χ3n) is 4.10. The third-order valence-corrected chi connectivity index (χ3v) is 4.10. The van der Waals surface area contributed by atoms with Crippen LogP contribution in [0.5, 0.6) is 11.5 Å². The summed E-state index contributed by atoms with van der Waals surface area (Å²) in [6.07, 6.45) is -0.850. The molecule has 2 aromatic rings. The minimum absolute atomic E-state index is 0.0470. The molecule has 0 bridgehead atoms. The van der Waals surface area contributed by atoms with Crippen molar-refractivity contribution in [3.8, 4) is 11.5 Å². The van der Waals surface area contributed by atoms with E-state index in [1.54, 1.807) is 55.6 Å². The molecule has 7 heteroatoms. The van der Waals surface area contributed by atoms with Gasteiger partial charge in [-0.1, -0.05) is 24.3 Å². The molecule has 7 nitrogen and oxygen atoms in total. The molecular formula is C19H20N2O5. The monoisotopic (exact) mass is 356 g/mol. The van der Waals surface area contributed by atoms with Crippen molar-refractivity contribution in [1.82, 2.24) is 5.32 Å². The van der Waals surface area contributed by atoms with Gasteiger partial charge in [0.2, 0.25) is 5.91 Å². The van der Waals surface area contributed by atoms with E-state index in [1.165, 1.54) is 4.90 Å². The van der Waals surface area contributed by atoms with Gasteiger partial charge in [-0.15, -0.1) is 0 Å². The van der Waals surface area contributed by atoms with Gasteiger partial charge in [0.15, 0.2) is 6.61 Å². The summed E-state index contributed by atoms with van der Waals surface area (Å²) in [6.45, 7) is -0.182. The van der Waals surface area contributed by atoms with Gasteiger partial charge in [-0.2, -0.15) is 0 Å². The molecule has 0 saturated carbocycles. The molecule has 1 unspecified atom stereocenters. The quantitative estimate of drug-likeness (QED) is 0.814. The van der Waals surface area contributed by atoms with Gasteiger partial charge in [0, 0.05) is 6.54 Å². The highest BCUT2D eigenvalue weighted by Crippen LogP contribution is 2.31. The number of fused-ring (bicyclic) bond motifs is 1. The number of anilines is 1. The Morgan fingerprint density at radius 2 is 2.00 bits per heavy atom. The number of ether oxygens (including phenoxy) is 2. The van der Waals surface area contributed by atoms with Gasteiger partial charge in [0.05, 0.1) is 18.9 Å². The number of nitrogens with zero attached hydrogens (tertiary/aromatic N) is 1. The first-order valence-corrected chi connectivity index (χ1v) is 8.19. The number of rotatable bonds is 6. The van der Waals surface area contributed by atoms with E-state index in [2.05, 4.69) is 5.32 Å². The fourth-order valence-electron chi connectivity index (χ4n) is 2.68. The molecule has 26 heavy (non-hydrogen) atoms. The summed E-state index contributed by atoms with van der Waals surface area (Å²) < 4.78 is 10.4. The summed E-state index contributed by atoms with van der Waals surface area (Å²) in [5, 5.41) is 12.8. The number of carbonyl (C=O) groups excluding carboxylic acids is 2. The van der Waals surface area contributed by atoms with Gasteiger partial charge < -0.3 is 19.9 Å². The molecule has 0 saturated heterocycles. The highest BCUT2D eigenvalue weighted by Gasteiger charge is 2.27. The summed E-state index contributed by atoms with van der Waals surface area (Å²) in [6, 6.07) is 14.0. The number of carbonyl (C=O) groups is 2. The second-order valence-electron chi connectivity index (χ2n) is 5.83. The molecular weight excluding hydrogens is 336 g/mol. The van der Waals surface area contributed by atoms with Crippen LogP contribution in [0.2, 0.25) is 0 Å². The highest BCUT2D eigenvalue weighted by molar-refractivity contribution is 6.02. The van der Waals surface area contributed by atoms with E-state index in [0.717, 1.165) is 0 Å². The number of methoxy groups -OCH3 is 1. The van der Waals surface area contributed by atoms with E-state index in [-0.39, 0.29) is 31.5 Å². The van der Waals surface area contributed by atoms with Gasteiger partial charge in [-0.3, -0.25) is 14.5 Å². The van der Waals surface area contributed by atoms with Crippen molar-refractivity contribution in [2.75, 3.05) is 31.7 Å². The number of amides is 2. The Labute approximate surface area is 151 Å². The fraction of sp³-hybridized carbons (Fsp3) is 0.263. The molecule has 0 fully saturated rings. The molecule has 0 aliphatic carbocycles. The summed E-state index contributed by atoms with van der Waals surface area (Å²) in [7, 11) is 1.57. The maximum atomic E-state index is 12.2. The first-order valence-electron chi connectivity index (χ1n) is 8.19. The van der Waals surface area contributed by atoms with E-state index < -0.39 is 6.10 Å². The van der Waals surface area contributed by atoms with Gasteiger partial charge in [0.25, 0.3) is 5.91 Å². The van der Waals surface area contributed by atoms with Crippen molar-refractivity contribution in [3.63, 3.8) is 0 Å². The average molecular weight is 356 g/mol. The lowest BCUT2D eigenvalue weighted by Gasteiger charge is -2.28. The van der Waals surface area contributed by atoms with Crippen LogP contribution in [0.25, 0.3) is 0 Å². The van der Waals surface area contributed by atoms with Crippen LogP contribution >= 0.6 is 0 Å². The molecule has 3 rings (SSSR count). The van der Waals surface area contributed by atoms with Gasteiger partial charge in [-0.25, -0.2) is 0 Å². The normalized spacial score (nSPS) is 14.2. The smallest absolute Gasteiger partial charge is 0.265 e. The summed E-state index contributed by atoms with van der Waals surface area (Å²) in [5.41, 5.74) is 1.23. The van der Waals surface area contributed by atoms with Crippen LogP contribution in [0.4, 0.5) is 5.69 Å². The van der Waals surface area contributed by atoms with Crippen LogP contribution in [0.15, 0.2) is 48.5 Å². The topological polar surface area (TPSA) is 88.1 Å². The molecule has 0 aromatic heterocycles. The lowest BCUT2D eigenvalue weighted by Crippen LogP contribution is -2.45. The van der Waals surface area contributed by atoms with Crippen LogP contribution in [0, 0.1) is 0 Å². The van der Waals surface area contributed by atoms with Crippen molar-refractivity contribution in [2.24, 2.45) is 0 Å². The van der Waals surface area contributed by atoms with Crippen molar-refractivity contribution in [1.29, 1.82) is 0 Å². The standard InChI is InChI=1S/C19H20N2O5/c1-25-14-8-6-13(7-9-14)16(22)10-20-18(23)11-21-15-4-2-3-5-17(15)26-12-19(21)24/h2-9,16,22H,10-12H2,1H3,(H,20,23). The van der Waals surface area contributed by atoms with Gasteiger partial charge >= 0.3 is 0 Å². The highest BCUT2D eigenvalue weighted by atomic mass is 16.5. The number of benzene rings is 2. The lowest BCUT2D eigenvalue weighted by atomic mass is 10.1. The van der Waals surface area contributed by atoms with Crippen LogP contribution < -0.4 is 19.7 Å². The largest absolute Gasteiger partial charge is 0.497 e. The van der Waals surface area contributed by atoms with Gasteiger partial charge in [-0.05, 0) is 29.8 Å². The lowest BCUT2D eigenvalue weighted by molar-refractivity contribution is -0.125. The fourth-order valence-corrected chi connectivity index (χ4v) is 2.68. The Balaban J connectivity index is 1.58. The molecule has 2 aromatic carbocycles. The maximum absolute atomic E-state index is 12.2. The van der Waals surface area contributed by atoms with E-state index in [0.29, 0.717) is 22.7 Å². The van der Waals surface area contributed by atoms with Crippen molar-refractivity contribution < 1.29 is 24.2 Å². The Morgan fingerprint density at radius 1 is 1.27 bits per heavy atom. The van der Waals surface area contributed by atoms with Crippen LogP contribution in [-0.4, -0.2) is 43.7 Å². The Bertz CT molecular complexity index is 791. The van der Waals surface area contributed by atoms with Crippen LogP contribution in [0.1, 0.15) is 11.7 Å². The second kappa shape index (κ2) is 7.88. The van der Waals surface area contributed by atoms with Gasteiger partial charge in [0.1, 0.15) is 18.0 Å². The predicted octanol–water partition coefficient (Wildman–Crippen LogP) is 1.27. The number of hydrogen-bond acceptors (Lipinski definition) is 5. The molecule has 1 atom stereocenters. The van der Waals surface area contributed by atoms with Crippen LogP contribution in [-0.2, 0) is 9.59 Å². The van der Waals surface area contributed by atoms with E-state index in [9.17, 15) is 14.7 Å². The first-order chi connectivity index (χ1) is 12.6. The minimum Gasteiger partial charge on any atom is -0.497 e. The molecule has 0 spiro atoms. The molecule has 0 radical (unpaired) electrons. The zero-order valence-electron chi connectivity index (χ0n) is 14.3.